The Morgan fingerprint density at radius 2 is 1.42 bits per heavy atom. The number of hydrogen-bond donors (Lipinski definition) is 1. The lowest BCUT2D eigenvalue weighted by Gasteiger charge is -2.30. The van der Waals surface area contributed by atoms with Crippen molar-refractivity contribution in [2.24, 2.45) is 0 Å². The molecular formula is C28H38N2O6. The van der Waals surface area contributed by atoms with Crippen LogP contribution in [0.3, 0.4) is 0 Å². The molecule has 0 amide bonds. The third-order valence-electron chi connectivity index (χ3n) is 5.90. The van der Waals surface area contributed by atoms with Crippen LogP contribution in [0.15, 0.2) is 47.2 Å². The van der Waals surface area contributed by atoms with Crippen molar-refractivity contribution in [2.45, 2.75) is 85.0 Å². The summed E-state index contributed by atoms with van der Waals surface area (Å²) in [5, 5.41) is 12.8. The second-order valence-electron chi connectivity index (χ2n) is 8.70. The highest BCUT2D eigenvalue weighted by Crippen LogP contribution is 2.40. The van der Waals surface area contributed by atoms with E-state index in [0.29, 0.717) is 22.5 Å². The van der Waals surface area contributed by atoms with E-state index >= 15 is 0 Å². The Morgan fingerprint density at radius 3 is 2.00 bits per heavy atom. The lowest BCUT2D eigenvalue weighted by atomic mass is 9.88. The molecule has 0 spiro atoms. The first-order chi connectivity index (χ1) is 17.4. The number of nitrogens with one attached hydrogen (secondary N) is 1. The smallest absolute Gasteiger partial charge is 0.434 e. The van der Waals surface area contributed by atoms with E-state index in [1.165, 1.54) is 32.1 Å². The number of benzene rings is 1. The summed E-state index contributed by atoms with van der Waals surface area (Å²) in [5.41, 5.74) is 1.98. The zero-order chi connectivity index (χ0) is 26.3. The van der Waals surface area contributed by atoms with Gasteiger partial charge in [-0.05, 0) is 38.8 Å². The summed E-state index contributed by atoms with van der Waals surface area (Å²) in [5.74, 6) is -0.432. The average molecular weight is 499 g/mol. The quantitative estimate of drug-likeness (QED) is 0.225. The third kappa shape index (κ3) is 8.63. The second kappa shape index (κ2) is 15.5. The van der Waals surface area contributed by atoms with Crippen LogP contribution in [0.25, 0.3) is 0 Å². The molecule has 1 N–H and O–H groups in total. The number of dihydropyridines is 1. The van der Waals surface area contributed by atoms with Crippen molar-refractivity contribution in [1.29, 1.82) is 5.26 Å². The van der Waals surface area contributed by atoms with Gasteiger partial charge in [0.25, 0.3) is 0 Å². The minimum absolute atomic E-state index is 0.140. The first kappa shape index (κ1) is 28.8. The number of hydrogen-bond acceptors (Lipinski definition) is 8. The molecule has 1 aromatic carbocycles. The molecule has 1 aliphatic heterocycles. The van der Waals surface area contributed by atoms with Crippen LogP contribution in [0.4, 0.5) is 9.59 Å². The summed E-state index contributed by atoms with van der Waals surface area (Å²) >= 11 is 0. The van der Waals surface area contributed by atoms with Gasteiger partial charge in [0, 0.05) is 0 Å². The van der Waals surface area contributed by atoms with E-state index < -0.39 is 18.2 Å². The van der Waals surface area contributed by atoms with Gasteiger partial charge in [0.2, 0.25) is 0 Å². The largest absolute Gasteiger partial charge is 0.513 e. The van der Waals surface area contributed by atoms with Gasteiger partial charge < -0.3 is 24.3 Å². The highest BCUT2D eigenvalue weighted by atomic mass is 16.7. The molecule has 0 saturated heterocycles. The van der Waals surface area contributed by atoms with Crippen molar-refractivity contribution in [2.75, 3.05) is 13.2 Å². The summed E-state index contributed by atoms with van der Waals surface area (Å²) in [6, 6.07) is 9.05. The van der Waals surface area contributed by atoms with E-state index in [2.05, 4.69) is 18.3 Å². The maximum Gasteiger partial charge on any atom is 0.513 e. The Kier molecular flexibility index (Phi) is 12.4. The van der Waals surface area contributed by atoms with E-state index in [9.17, 15) is 14.9 Å². The number of allylic oxidation sites excluding steroid dienone is 2. The summed E-state index contributed by atoms with van der Waals surface area (Å²) in [6.07, 6.45) is 7.35. The fourth-order valence-corrected chi connectivity index (χ4v) is 4.11. The van der Waals surface area contributed by atoms with Gasteiger partial charge in [0.15, 0.2) is 0 Å². The van der Waals surface area contributed by atoms with E-state index in [1.807, 2.05) is 0 Å². The molecule has 36 heavy (non-hydrogen) atoms. The monoisotopic (exact) mass is 498 g/mol. The van der Waals surface area contributed by atoms with E-state index in [4.69, 9.17) is 18.9 Å². The molecule has 1 aromatic rings. The zero-order valence-electron chi connectivity index (χ0n) is 21.9. The second-order valence-corrected chi connectivity index (χ2v) is 8.70. The highest BCUT2D eigenvalue weighted by molar-refractivity contribution is 5.65. The molecule has 1 heterocycles. The number of nitriles is 1. The van der Waals surface area contributed by atoms with Gasteiger partial charge in [0.05, 0.1) is 36.2 Å². The van der Waals surface area contributed by atoms with Crippen LogP contribution in [0.1, 0.15) is 96.1 Å². The molecule has 196 valence electrons. The molecule has 2 rings (SSSR count). The van der Waals surface area contributed by atoms with Crippen LogP contribution in [0.5, 0.6) is 0 Å². The number of nitrogens with zero attached hydrogens (tertiary/aromatic N) is 1. The van der Waals surface area contributed by atoms with Crippen molar-refractivity contribution in [3.05, 3.63) is 58.3 Å². The van der Waals surface area contributed by atoms with Crippen LogP contribution < -0.4 is 5.32 Å². The van der Waals surface area contributed by atoms with E-state index in [-0.39, 0.29) is 24.7 Å². The molecule has 1 atom stereocenters. The maximum absolute atomic E-state index is 12.6. The maximum atomic E-state index is 12.6. The van der Waals surface area contributed by atoms with Crippen LogP contribution in [-0.2, 0) is 18.9 Å². The van der Waals surface area contributed by atoms with Gasteiger partial charge in [-0.3, -0.25) is 0 Å². The molecule has 8 heteroatoms. The van der Waals surface area contributed by atoms with Crippen molar-refractivity contribution in [1.82, 2.24) is 5.32 Å². The number of carbonyl (C=O) groups is 2. The summed E-state index contributed by atoms with van der Waals surface area (Å²) in [4.78, 5) is 24.8. The molecule has 1 aliphatic rings. The Balaban J connectivity index is 2.11. The summed E-state index contributed by atoms with van der Waals surface area (Å²) < 4.78 is 21.4. The zero-order valence-corrected chi connectivity index (χ0v) is 21.9. The number of rotatable bonds is 13. The molecule has 0 aliphatic carbocycles. The SMILES string of the molecule is CCCCCCCCCCOC(=O)OC1=C(C)NC(C)=C(OC(=O)OCC)C1c1ccccc1C#N. The summed E-state index contributed by atoms with van der Waals surface area (Å²) in [6.45, 7) is 7.75. The molecule has 1 unspecified atom stereocenters. The lowest BCUT2D eigenvalue weighted by Crippen LogP contribution is -2.29. The van der Waals surface area contributed by atoms with Crippen LogP contribution >= 0.6 is 0 Å². The van der Waals surface area contributed by atoms with Crippen LogP contribution in [0, 0.1) is 11.3 Å². The van der Waals surface area contributed by atoms with Crippen molar-refractivity contribution < 1.29 is 28.5 Å². The Labute approximate surface area is 214 Å². The molecule has 0 bridgehead atoms. The standard InChI is InChI=1S/C28H38N2O6/c1-5-7-8-9-10-11-12-15-18-34-28(32)36-26-21(4)30-20(3)25(35-27(31)33-6-2)24(26)23-17-14-13-16-22(23)19-29/h13-14,16-17,24,30H,5-12,15,18H2,1-4H3. The van der Waals surface area contributed by atoms with Crippen molar-refractivity contribution in [3.8, 4) is 6.07 Å². The van der Waals surface area contributed by atoms with Gasteiger partial charge in [-0.25, -0.2) is 9.59 Å². The molecule has 0 aromatic heterocycles. The first-order valence-corrected chi connectivity index (χ1v) is 12.8. The lowest BCUT2D eigenvalue weighted by molar-refractivity contribution is 0.0619. The topological polar surface area (TPSA) is 107 Å². The first-order valence-electron chi connectivity index (χ1n) is 12.8. The molecular weight excluding hydrogens is 460 g/mol. The van der Waals surface area contributed by atoms with Gasteiger partial charge >= 0.3 is 12.3 Å². The van der Waals surface area contributed by atoms with Gasteiger partial charge in [-0.2, -0.15) is 5.26 Å². The number of carbonyl (C=O) groups excluding carboxylic acids is 2. The molecule has 0 fully saturated rings. The van der Waals surface area contributed by atoms with E-state index in [1.54, 1.807) is 45.0 Å². The normalized spacial score (nSPS) is 15.1. The van der Waals surface area contributed by atoms with Crippen LogP contribution in [0.2, 0.25) is 0 Å². The third-order valence-corrected chi connectivity index (χ3v) is 5.90. The average Bonchev–Trinajstić information content (AvgIpc) is 2.86. The minimum Gasteiger partial charge on any atom is -0.434 e. The fourth-order valence-electron chi connectivity index (χ4n) is 4.11. The van der Waals surface area contributed by atoms with Crippen LogP contribution in [-0.4, -0.2) is 25.5 Å². The van der Waals surface area contributed by atoms with Gasteiger partial charge in [-0.1, -0.05) is 70.1 Å². The fraction of sp³-hybridized carbons (Fsp3) is 0.536. The Hall–Kier alpha value is -3.47. The molecule has 8 nitrogen and oxygen atoms in total. The van der Waals surface area contributed by atoms with E-state index in [0.717, 1.165) is 19.3 Å². The Morgan fingerprint density at radius 1 is 0.861 bits per heavy atom. The highest BCUT2D eigenvalue weighted by Gasteiger charge is 2.36. The minimum atomic E-state index is -0.885. The number of unbranched alkanes of at least 4 members (excludes halogenated alkanes) is 7. The Bertz CT molecular complexity index is 992. The molecule has 0 saturated carbocycles. The summed E-state index contributed by atoms with van der Waals surface area (Å²) in [7, 11) is 0. The van der Waals surface area contributed by atoms with Gasteiger partial charge in [0.1, 0.15) is 17.4 Å². The predicted molar refractivity (Wildman–Crippen MR) is 136 cm³/mol. The van der Waals surface area contributed by atoms with Gasteiger partial charge in [-0.15, -0.1) is 0 Å². The predicted octanol–water partition coefficient (Wildman–Crippen LogP) is 7.18. The molecule has 0 radical (unpaired) electrons. The number of ether oxygens (including phenoxy) is 4. The van der Waals surface area contributed by atoms with Crippen molar-refractivity contribution in [3.63, 3.8) is 0 Å². The van der Waals surface area contributed by atoms with Crippen molar-refractivity contribution >= 4 is 12.3 Å².